The number of benzene rings is 1. The average Bonchev–Trinajstić information content (AvgIpc) is 2.24. The Balaban J connectivity index is 2.80. The molecule has 1 nitrogen and oxygen atoms in total. The van der Waals surface area contributed by atoms with Gasteiger partial charge in [-0.2, -0.15) is 0 Å². The molecule has 0 amide bonds. The molecule has 0 aromatic heterocycles. The van der Waals surface area contributed by atoms with Crippen molar-refractivity contribution in [3.8, 4) is 0 Å². The highest BCUT2D eigenvalue weighted by Gasteiger charge is 2.16. The van der Waals surface area contributed by atoms with E-state index in [1.165, 1.54) is 5.56 Å². The molecule has 0 heterocycles. The van der Waals surface area contributed by atoms with Crippen molar-refractivity contribution in [2.24, 2.45) is 0 Å². The second-order valence-corrected chi connectivity index (χ2v) is 9.85. The molecule has 0 fully saturated rings. The molecule has 0 saturated heterocycles. The van der Waals surface area contributed by atoms with Crippen molar-refractivity contribution in [2.45, 2.75) is 45.8 Å². The van der Waals surface area contributed by atoms with Crippen LogP contribution in [0.3, 0.4) is 0 Å². The molecule has 0 aliphatic heterocycles. The molecule has 0 N–H and O–H groups in total. The summed E-state index contributed by atoms with van der Waals surface area (Å²) in [5.74, 6) is 1.53. The Kier molecular flexibility index (Phi) is 5.00. The van der Waals surface area contributed by atoms with Gasteiger partial charge in [-0.1, -0.05) is 37.3 Å². The zero-order chi connectivity index (χ0) is 12.9. The van der Waals surface area contributed by atoms with Gasteiger partial charge in [0.25, 0.3) is 0 Å². The van der Waals surface area contributed by atoms with E-state index in [2.05, 4.69) is 69.9 Å². The van der Waals surface area contributed by atoms with E-state index in [-0.39, 0.29) is 0 Å². The monoisotopic (exact) mass is 248 g/mol. The average molecular weight is 248 g/mol. The van der Waals surface area contributed by atoms with Crippen molar-refractivity contribution in [2.75, 3.05) is 0 Å². The van der Waals surface area contributed by atoms with Crippen molar-refractivity contribution in [3.05, 3.63) is 47.7 Å². The van der Waals surface area contributed by atoms with E-state index < -0.39 is 8.32 Å². The molecular formula is C15H24OSi. The van der Waals surface area contributed by atoms with Crippen molar-refractivity contribution in [3.63, 3.8) is 0 Å². The summed E-state index contributed by atoms with van der Waals surface area (Å²) in [6.45, 7) is 10.9. The zero-order valence-electron chi connectivity index (χ0n) is 11.7. The van der Waals surface area contributed by atoms with Gasteiger partial charge in [-0.05, 0) is 44.6 Å². The minimum Gasteiger partial charge on any atom is -0.548 e. The molecule has 0 aliphatic rings. The summed E-state index contributed by atoms with van der Waals surface area (Å²) in [4.78, 5) is 0. The van der Waals surface area contributed by atoms with Crippen molar-refractivity contribution < 1.29 is 4.43 Å². The molecule has 0 saturated carbocycles. The molecule has 0 spiro atoms. The Morgan fingerprint density at radius 1 is 1.24 bits per heavy atom. The van der Waals surface area contributed by atoms with Crippen LogP contribution in [0.1, 0.15) is 31.7 Å². The summed E-state index contributed by atoms with van der Waals surface area (Å²) in [5.41, 5.74) is 1.37. The highest BCUT2D eigenvalue weighted by molar-refractivity contribution is 6.70. The van der Waals surface area contributed by atoms with Crippen LogP contribution in [-0.4, -0.2) is 8.32 Å². The maximum atomic E-state index is 5.99. The minimum atomic E-state index is -1.47. The predicted molar refractivity (Wildman–Crippen MR) is 77.7 cm³/mol. The van der Waals surface area contributed by atoms with Crippen LogP contribution in [0.15, 0.2) is 42.2 Å². The SMILES string of the molecule is CCC(/C=C(\C)O[Si](C)(C)C)c1ccccc1. The molecule has 94 valence electrons. The summed E-state index contributed by atoms with van der Waals surface area (Å²) < 4.78 is 5.99. The van der Waals surface area contributed by atoms with Gasteiger partial charge in [0.05, 0.1) is 5.76 Å². The maximum absolute atomic E-state index is 5.99. The number of hydrogen-bond acceptors (Lipinski definition) is 1. The van der Waals surface area contributed by atoms with Crippen LogP contribution in [0, 0.1) is 0 Å². The van der Waals surface area contributed by atoms with Gasteiger partial charge in [-0.15, -0.1) is 0 Å². The normalized spacial score (nSPS) is 14.5. The first-order chi connectivity index (χ1) is 7.92. The van der Waals surface area contributed by atoms with Gasteiger partial charge in [0.2, 0.25) is 8.32 Å². The molecule has 0 bridgehead atoms. The summed E-state index contributed by atoms with van der Waals surface area (Å²) in [7, 11) is -1.47. The fraction of sp³-hybridized carbons (Fsp3) is 0.467. The lowest BCUT2D eigenvalue weighted by molar-refractivity contribution is 0.419. The molecular weight excluding hydrogens is 224 g/mol. The van der Waals surface area contributed by atoms with Gasteiger partial charge >= 0.3 is 0 Å². The van der Waals surface area contributed by atoms with E-state index in [9.17, 15) is 0 Å². The van der Waals surface area contributed by atoms with Gasteiger partial charge in [-0.3, -0.25) is 0 Å². The molecule has 1 unspecified atom stereocenters. The highest BCUT2D eigenvalue weighted by atomic mass is 28.4. The van der Waals surface area contributed by atoms with E-state index >= 15 is 0 Å². The summed E-state index contributed by atoms with van der Waals surface area (Å²) in [6, 6.07) is 10.6. The van der Waals surface area contributed by atoms with E-state index in [1.807, 2.05) is 0 Å². The Morgan fingerprint density at radius 3 is 2.29 bits per heavy atom. The molecule has 17 heavy (non-hydrogen) atoms. The lowest BCUT2D eigenvalue weighted by Gasteiger charge is -2.21. The van der Waals surface area contributed by atoms with Gasteiger partial charge in [0.15, 0.2) is 0 Å². The highest BCUT2D eigenvalue weighted by Crippen LogP contribution is 2.23. The van der Waals surface area contributed by atoms with E-state index in [0.29, 0.717) is 5.92 Å². The number of rotatable bonds is 5. The largest absolute Gasteiger partial charge is 0.548 e. The minimum absolute atomic E-state index is 0.465. The van der Waals surface area contributed by atoms with Gasteiger partial charge < -0.3 is 4.43 Å². The summed E-state index contributed by atoms with van der Waals surface area (Å²) in [5, 5.41) is 0. The Bertz CT molecular complexity index is 362. The van der Waals surface area contributed by atoms with E-state index in [4.69, 9.17) is 4.43 Å². The lowest BCUT2D eigenvalue weighted by Crippen LogP contribution is -2.24. The fourth-order valence-corrected chi connectivity index (χ4v) is 2.98. The van der Waals surface area contributed by atoms with Crippen LogP contribution < -0.4 is 0 Å². The van der Waals surface area contributed by atoms with E-state index in [0.717, 1.165) is 12.2 Å². The quantitative estimate of drug-likeness (QED) is 0.530. The molecule has 1 aromatic carbocycles. The summed E-state index contributed by atoms with van der Waals surface area (Å²) in [6.07, 6.45) is 3.37. The van der Waals surface area contributed by atoms with Gasteiger partial charge in [-0.25, -0.2) is 0 Å². The number of hydrogen-bond donors (Lipinski definition) is 0. The standard InChI is InChI=1S/C15H24OSi/c1-6-14(15-10-8-7-9-11-15)12-13(2)16-17(3,4)5/h7-12,14H,6H2,1-5H3/b13-12+. The van der Waals surface area contributed by atoms with Crippen LogP contribution in [0.25, 0.3) is 0 Å². The molecule has 0 aliphatic carbocycles. The zero-order valence-corrected chi connectivity index (χ0v) is 12.7. The van der Waals surface area contributed by atoms with Gasteiger partial charge in [0.1, 0.15) is 0 Å². The molecule has 1 rings (SSSR count). The van der Waals surface area contributed by atoms with Crippen molar-refractivity contribution in [1.82, 2.24) is 0 Å². The first kappa shape index (κ1) is 14.0. The molecule has 0 radical (unpaired) electrons. The van der Waals surface area contributed by atoms with Crippen molar-refractivity contribution in [1.29, 1.82) is 0 Å². The predicted octanol–water partition coefficient (Wildman–Crippen LogP) is 4.94. The second-order valence-electron chi connectivity index (χ2n) is 5.42. The first-order valence-corrected chi connectivity index (χ1v) is 9.75. The topological polar surface area (TPSA) is 9.23 Å². The van der Waals surface area contributed by atoms with Crippen LogP contribution in [-0.2, 0) is 4.43 Å². The Morgan fingerprint density at radius 2 is 1.82 bits per heavy atom. The first-order valence-electron chi connectivity index (χ1n) is 6.34. The lowest BCUT2D eigenvalue weighted by atomic mass is 9.96. The Hall–Kier alpha value is -1.02. The third kappa shape index (κ3) is 5.22. The summed E-state index contributed by atoms with van der Waals surface area (Å²) >= 11 is 0. The van der Waals surface area contributed by atoms with E-state index in [1.54, 1.807) is 0 Å². The maximum Gasteiger partial charge on any atom is 0.241 e. The third-order valence-electron chi connectivity index (χ3n) is 2.57. The third-order valence-corrected chi connectivity index (χ3v) is 3.50. The molecule has 1 aromatic rings. The smallest absolute Gasteiger partial charge is 0.241 e. The fourth-order valence-electron chi connectivity index (χ4n) is 1.95. The van der Waals surface area contributed by atoms with Crippen molar-refractivity contribution >= 4 is 8.32 Å². The Labute approximate surface area is 107 Å². The van der Waals surface area contributed by atoms with Crippen LogP contribution in [0.2, 0.25) is 19.6 Å². The number of allylic oxidation sites excluding steroid dienone is 2. The molecule has 2 heteroatoms. The second kappa shape index (κ2) is 6.06. The molecule has 1 atom stereocenters. The van der Waals surface area contributed by atoms with Gasteiger partial charge in [0, 0.05) is 5.92 Å². The van der Waals surface area contributed by atoms with Crippen LogP contribution in [0.5, 0.6) is 0 Å². The van der Waals surface area contributed by atoms with Crippen LogP contribution in [0.4, 0.5) is 0 Å². The van der Waals surface area contributed by atoms with Crippen LogP contribution >= 0.6 is 0 Å².